The van der Waals surface area contributed by atoms with E-state index in [1.807, 2.05) is 6.07 Å². The highest BCUT2D eigenvalue weighted by Crippen LogP contribution is 2.30. The number of carbonyl (C=O) groups excluding carboxylic acids is 4. The third-order valence-corrected chi connectivity index (χ3v) is 6.45. The number of piperidine rings is 1. The van der Waals surface area contributed by atoms with Crippen molar-refractivity contribution in [1.29, 1.82) is 0 Å². The van der Waals surface area contributed by atoms with E-state index in [9.17, 15) is 19.2 Å². The molecule has 0 radical (unpaired) electrons. The molecular formula is C23H23N5O4. The number of nitrogens with zero attached hydrogens (tertiary/aromatic N) is 3. The van der Waals surface area contributed by atoms with Crippen LogP contribution in [0.1, 0.15) is 64.1 Å². The molecule has 1 aliphatic carbocycles. The van der Waals surface area contributed by atoms with Gasteiger partial charge in [-0.3, -0.25) is 29.8 Å². The van der Waals surface area contributed by atoms with Crippen LogP contribution in [0.2, 0.25) is 0 Å². The predicted molar refractivity (Wildman–Crippen MR) is 114 cm³/mol. The van der Waals surface area contributed by atoms with Gasteiger partial charge in [-0.25, -0.2) is 9.97 Å². The van der Waals surface area contributed by atoms with Crippen molar-refractivity contribution in [2.75, 3.05) is 5.32 Å². The lowest BCUT2D eigenvalue weighted by atomic mass is 9.82. The van der Waals surface area contributed by atoms with Crippen LogP contribution in [0.3, 0.4) is 0 Å². The second-order valence-corrected chi connectivity index (χ2v) is 8.60. The van der Waals surface area contributed by atoms with Gasteiger partial charge in [0.2, 0.25) is 17.8 Å². The average molecular weight is 433 g/mol. The third-order valence-electron chi connectivity index (χ3n) is 6.45. The molecule has 5 rings (SSSR count). The Balaban J connectivity index is 1.28. The van der Waals surface area contributed by atoms with Gasteiger partial charge in [0.05, 0.1) is 0 Å². The van der Waals surface area contributed by atoms with Crippen LogP contribution in [0.25, 0.3) is 0 Å². The minimum Gasteiger partial charge on any atom is -0.322 e. The van der Waals surface area contributed by atoms with Gasteiger partial charge in [0, 0.05) is 36.0 Å². The molecule has 2 fully saturated rings. The molecule has 0 spiro atoms. The van der Waals surface area contributed by atoms with Crippen molar-refractivity contribution in [2.45, 2.75) is 51.1 Å². The van der Waals surface area contributed by atoms with Crippen molar-refractivity contribution >= 4 is 29.6 Å². The molecule has 2 aromatic rings. The first-order valence-corrected chi connectivity index (χ1v) is 10.9. The van der Waals surface area contributed by atoms with E-state index >= 15 is 0 Å². The zero-order valence-electron chi connectivity index (χ0n) is 17.5. The molecule has 1 unspecified atom stereocenters. The second-order valence-electron chi connectivity index (χ2n) is 8.60. The zero-order chi connectivity index (χ0) is 22.2. The number of rotatable bonds is 5. The van der Waals surface area contributed by atoms with E-state index in [1.165, 1.54) is 24.2 Å². The topological polar surface area (TPSA) is 121 Å². The summed E-state index contributed by atoms with van der Waals surface area (Å²) in [5.74, 6) is -0.495. The Kier molecular flexibility index (Phi) is 5.16. The number of aromatic nitrogens is 2. The van der Waals surface area contributed by atoms with Gasteiger partial charge in [-0.15, -0.1) is 0 Å². The van der Waals surface area contributed by atoms with E-state index in [1.54, 1.807) is 24.4 Å². The Hall–Kier alpha value is -3.62. The number of carbonyl (C=O) groups is 4. The van der Waals surface area contributed by atoms with Crippen LogP contribution in [-0.4, -0.2) is 44.5 Å². The van der Waals surface area contributed by atoms with Gasteiger partial charge >= 0.3 is 0 Å². The quantitative estimate of drug-likeness (QED) is 0.694. The summed E-state index contributed by atoms with van der Waals surface area (Å²) < 4.78 is 0. The molecule has 1 saturated carbocycles. The van der Waals surface area contributed by atoms with Crippen LogP contribution in [0.5, 0.6) is 0 Å². The van der Waals surface area contributed by atoms with Gasteiger partial charge in [-0.1, -0.05) is 19.3 Å². The molecule has 9 nitrogen and oxygen atoms in total. The van der Waals surface area contributed by atoms with Gasteiger partial charge in [0.15, 0.2) is 0 Å². The van der Waals surface area contributed by atoms with Crippen LogP contribution in [0.4, 0.5) is 5.95 Å². The van der Waals surface area contributed by atoms with Crippen LogP contribution in [-0.2, 0) is 22.6 Å². The number of amides is 4. The standard InChI is InChI=1S/C23H23N5O4/c29-19-7-6-18(21(31)26-19)28-12-15-11-14(4-5-17(15)22(28)32)20(30)27-23-24-9-8-16(25-23)10-13-2-1-3-13/h4-5,8-9,11,13,18H,1-3,6-7,10,12H2,(H,26,29,31)(H,24,25,27,30). The maximum absolute atomic E-state index is 12.8. The third kappa shape index (κ3) is 3.86. The van der Waals surface area contributed by atoms with E-state index < -0.39 is 11.9 Å². The van der Waals surface area contributed by atoms with Crippen molar-refractivity contribution in [3.8, 4) is 0 Å². The molecule has 9 heteroatoms. The number of nitrogens with one attached hydrogen (secondary N) is 2. The van der Waals surface area contributed by atoms with Gasteiger partial charge in [0.25, 0.3) is 11.8 Å². The maximum Gasteiger partial charge on any atom is 0.258 e. The van der Waals surface area contributed by atoms with Crippen LogP contribution in [0.15, 0.2) is 30.5 Å². The predicted octanol–water partition coefficient (Wildman–Crippen LogP) is 1.83. The van der Waals surface area contributed by atoms with Gasteiger partial charge in [0.1, 0.15) is 6.04 Å². The Morgan fingerprint density at radius 3 is 2.75 bits per heavy atom. The van der Waals surface area contributed by atoms with Crippen LogP contribution >= 0.6 is 0 Å². The summed E-state index contributed by atoms with van der Waals surface area (Å²) in [6, 6.07) is 6.03. The fourth-order valence-electron chi connectivity index (χ4n) is 4.45. The molecular weight excluding hydrogens is 410 g/mol. The minimum atomic E-state index is -0.684. The van der Waals surface area contributed by atoms with Crippen molar-refractivity contribution in [1.82, 2.24) is 20.2 Å². The molecule has 0 bridgehead atoms. The van der Waals surface area contributed by atoms with E-state index in [0.29, 0.717) is 29.0 Å². The summed E-state index contributed by atoms with van der Waals surface area (Å²) in [7, 11) is 0. The van der Waals surface area contributed by atoms with E-state index in [2.05, 4.69) is 20.6 Å². The molecule has 3 aliphatic rings. The van der Waals surface area contributed by atoms with Crippen molar-refractivity contribution < 1.29 is 19.2 Å². The molecule has 1 aromatic carbocycles. The first kappa shape index (κ1) is 20.3. The van der Waals surface area contributed by atoms with Crippen molar-refractivity contribution in [3.05, 3.63) is 52.8 Å². The highest BCUT2D eigenvalue weighted by Gasteiger charge is 2.39. The van der Waals surface area contributed by atoms with Crippen molar-refractivity contribution in [2.24, 2.45) is 5.92 Å². The Bertz CT molecular complexity index is 1130. The lowest BCUT2D eigenvalue weighted by molar-refractivity contribution is -0.136. The Morgan fingerprint density at radius 1 is 1.16 bits per heavy atom. The number of anilines is 1. The molecule has 2 N–H and O–H groups in total. The number of imide groups is 1. The Morgan fingerprint density at radius 2 is 2.00 bits per heavy atom. The molecule has 2 aliphatic heterocycles. The monoisotopic (exact) mass is 433 g/mol. The lowest BCUT2D eigenvalue weighted by Crippen LogP contribution is -2.52. The summed E-state index contributed by atoms with van der Waals surface area (Å²) in [5.41, 5.74) is 2.44. The fraction of sp³-hybridized carbons (Fsp3) is 0.391. The molecule has 164 valence electrons. The van der Waals surface area contributed by atoms with E-state index in [4.69, 9.17) is 0 Å². The summed E-state index contributed by atoms with van der Waals surface area (Å²) in [5, 5.41) is 5.02. The fourth-order valence-corrected chi connectivity index (χ4v) is 4.45. The summed E-state index contributed by atoms with van der Waals surface area (Å²) in [6.45, 7) is 0.217. The van der Waals surface area contributed by atoms with Crippen LogP contribution < -0.4 is 10.6 Å². The van der Waals surface area contributed by atoms with Gasteiger partial charge in [-0.05, 0) is 48.6 Å². The normalized spacial score (nSPS) is 20.6. The maximum atomic E-state index is 12.8. The molecule has 1 aromatic heterocycles. The van der Waals surface area contributed by atoms with E-state index in [0.717, 1.165) is 12.1 Å². The average Bonchev–Trinajstić information content (AvgIpc) is 3.07. The van der Waals surface area contributed by atoms with Gasteiger partial charge < -0.3 is 4.90 Å². The molecule has 4 amide bonds. The lowest BCUT2D eigenvalue weighted by Gasteiger charge is -2.29. The number of hydrogen-bond donors (Lipinski definition) is 2. The summed E-state index contributed by atoms with van der Waals surface area (Å²) in [4.78, 5) is 59.2. The zero-order valence-corrected chi connectivity index (χ0v) is 17.5. The minimum absolute atomic E-state index is 0.198. The van der Waals surface area contributed by atoms with Crippen LogP contribution in [0, 0.1) is 5.92 Å². The number of hydrogen-bond acceptors (Lipinski definition) is 6. The summed E-state index contributed by atoms with van der Waals surface area (Å²) >= 11 is 0. The molecule has 3 heterocycles. The highest BCUT2D eigenvalue weighted by atomic mass is 16.2. The Labute approximate surface area is 184 Å². The largest absolute Gasteiger partial charge is 0.322 e. The van der Waals surface area contributed by atoms with Gasteiger partial charge in [-0.2, -0.15) is 0 Å². The SMILES string of the molecule is O=C1CCC(N2Cc3cc(C(=O)Nc4nccc(CC5CCC5)n4)ccc3C2=O)C(=O)N1. The molecule has 1 atom stereocenters. The summed E-state index contributed by atoms with van der Waals surface area (Å²) in [6.07, 6.45) is 6.74. The van der Waals surface area contributed by atoms with Crippen molar-refractivity contribution in [3.63, 3.8) is 0 Å². The number of fused-ring (bicyclic) bond motifs is 1. The first-order chi connectivity index (χ1) is 15.5. The first-order valence-electron chi connectivity index (χ1n) is 10.9. The second kappa shape index (κ2) is 8.14. The smallest absolute Gasteiger partial charge is 0.258 e. The molecule has 32 heavy (non-hydrogen) atoms. The number of benzene rings is 1. The van der Waals surface area contributed by atoms with E-state index in [-0.39, 0.29) is 36.6 Å². The molecule has 1 saturated heterocycles. The highest BCUT2D eigenvalue weighted by molar-refractivity contribution is 6.07.